The second kappa shape index (κ2) is 6.68. The van der Waals surface area contributed by atoms with Crippen molar-refractivity contribution >= 4 is 12.6 Å². The third-order valence-electron chi connectivity index (χ3n) is 1.26. The molecule has 0 aromatic heterocycles. The Hall–Kier alpha value is -0.840. The summed E-state index contributed by atoms with van der Waals surface area (Å²) < 4.78 is 34.6. The molecule has 0 atom stereocenters. The van der Waals surface area contributed by atoms with Gasteiger partial charge in [0.1, 0.15) is 11.4 Å². The predicted octanol–water partition coefficient (Wildman–Crippen LogP) is 4.33. The SMILES string of the molecule is CC(C)(C)Oc1ccc(S)cc1.FC(F)F. The molecule has 0 aliphatic carbocycles. The monoisotopic (exact) mass is 252 g/mol. The minimum absolute atomic E-state index is 0.127. The van der Waals surface area contributed by atoms with Gasteiger partial charge in [-0.2, -0.15) is 13.2 Å². The Morgan fingerprint density at radius 1 is 1.06 bits per heavy atom. The molecule has 0 N–H and O–H groups in total. The summed E-state index contributed by atoms with van der Waals surface area (Å²) in [6.07, 6.45) is 0. The van der Waals surface area contributed by atoms with Crippen LogP contribution in [0.1, 0.15) is 20.8 Å². The standard InChI is InChI=1S/C10H14OS.CHF3/c1-10(2,3)11-8-4-6-9(12)7-5-8;2-1(3)4/h4-7,12H,1-3H3;1H. The molecule has 0 saturated heterocycles. The van der Waals surface area contributed by atoms with Gasteiger partial charge in [-0.15, -0.1) is 12.6 Å². The van der Waals surface area contributed by atoms with E-state index in [0.717, 1.165) is 10.6 Å². The molecular weight excluding hydrogens is 237 g/mol. The van der Waals surface area contributed by atoms with Crippen molar-refractivity contribution in [2.75, 3.05) is 0 Å². The normalized spacial score (nSPS) is 10.8. The Labute approximate surface area is 99.0 Å². The van der Waals surface area contributed by atoms with Crippen LogP contribution in [0.5, 0.6) is 5.75 Å². The van der Waals surface area contributed by atoms with E-state index in [0.29, 0.717) is 0 Å². The van der Waals surface area contributed by atoms with Crippen LogP contribution in [0.15, 0.2) is 29.2 Å². The molecular formula is C11H15F3OS. The molecule has 0 radical (unpaired) electrons. The molecule has 16 heavy (non-hydrogen) atoms. The summed E-state index contributed by atoms with van der Waals surface area (Å²) in [6.45, 7) is 2.42. The number of hydrogen-bond acceptors (Lipinski definition) is 2. The van der Waals surface area contributed by atoms with Crippen molar-refractivity contribution in [1.29, 1.82) is 0 Å². The topological polar surface area (TPSA) is 9.23 Å². The first kappa shape index (κ1) is 15.2. The van der Waals surface area contributed by atoms with Gasteiger partial charge in [0.25, 0.3) is 0 Å². The number of rotatable bonds is 1. The second-order valence-corrected chi connectivity index (χ2v) is 4.47. The molecule has 0 heterocycles. The molecule has 1 aromatic carbocycles. The highest BCUT2D eigenvalue weighted by Crippen LogP contribution is 2.19. The highest BCUT2D eigenvalue weighted by molar-refractivity contribution is 7.80. The van der Waals surface area contributed by atoms with Crippen LogP contribution in [0.4, 0.5) is 13.2 Å². The van der Waals surface area contributed by atoms with E-state index in [4.69, 9.17) is 4.74 Å². The van der Waals surface area contributed by atoms with E-state index in [1.165, 1.54) is 0 Å². The average Bonchev–Trinajstić information content (AvgIpc) is 2.05. The predicted molar refractivity (Wildman–Crippen MR) is 61.2 cm³/mol. The third-order valence-corrected chi connectivity index (χ3v) is 1.56. The Bertz CT molecular complexity index is 290. The number of hydrogen-bond donors (Lipinski definition) is 1. The first-order valence-corrected chi connectivity index (χ1v) is 5.06. The summed E-state index contributed by atoms with van der Waals surface area (Å²) in [5, 5.41) is 0. The van der Waals surface area contributed by atoms with Gasteiger partial charge in [0.2, 0.25) is 0 Å². The summed E-state index contributed by atoms with van der Waals surface area (Å²) >= 11 is 4.19. The van der Waals surface area contributed by atoms with Crippen LogP contribution < -0.4 is 4.74 Å². The van der Waals surface area contributed by atoms with E-state index >= 15 is 0 Å². The summed E-state index contributed by atoms with van der Waals surface area (Å²) in [7, 11) is 0. The van der Waals surface area contributed by atoms with Crippen molar-refractivity contribution in [3.8, 4) is 5.75 Å². The molecule has 1 nitrogen and oxygen atoms in total. The van der Waals surface area contributed by atoms with Crippen LogP contribution in [-0.4, -0.2) is 12.3 Å². The van der Waals surface area contributed by atoms with E-state index < -0.39 is 6.68 Å². The Morgan fingerprint density at radius 3 is 1.75 bits per heavy atom. The van der Waals surface area contributed by atoms with E-state index in [9.17, 15) is 13.2 Å². The maximum absolute atomic E-state index is 9.67. The summed E-state index contributed by atoms with van der Waals surface area (Å²) in [5.74, 6) is 0.889. The zero-order valence-corrected chi connectivity index (χ0v) is 10.3. The van der Waals surface area contributed by atoms with Crippen LogP contribution >= 0.6 is 12.6 Å². The first-order valence-electron chi connectivity index (χ1n) is 4.61. The van der Waals surface area contributed by atoms with Crippen molar-refractivity contribution in [3.63, 3.8) is 0 Å². The van der Waals surface area contributed by atoms with Crippen LogP contribution in [0, 0.1) is 0 Å². The van der Waals surface area contributed by atoms with Crippen LogP contribution in [0.25, 0.3) is 0 Å². The molecule has 0 saturated carbocycles. The number of thiol groups is 1. The van der Waals surface area contributed by atoms with Gasteiger partial charge in [-0.3, -0.25) is 0 Å². The highest BCUT2D eigenvalue weighted by Gasteiger charge is 2.10. The smallest absolute Gasteiger partial charge is 0.379 e. The minimum atomic E-state index is -3.67. The third kappa shape index (κ3) is 9.71. The number of ether oxygens (including phenoxy) is 1. The Kier molecular flexibility index (Phi) is 6.33. The Morgan fingerprint density at radius 2 is 1.44 bits per heavy atom. The van der Waals surface area contributed by atoms with Gasteiger partial charge in [0.15, 0.2) is 0 Å². The van der Waals surface area contributed by atoms with E-state index in [1.807, 2.05) is 45.0 Å². The van der Waals surface area contributed by atoms with E-state index in [2.05, 4.69) is 12.6 Å². The average molecular weight is 252 g/mol. The lowest BCUT2D eigenvalue weighted by molar-refractivity contribution is 0.00819. The molecule has 0 spiro atoms. The van der Waals surface area contributed by atoms with Crippen LogP contribution in [-0.2, 0) is 0 Å². The molecule has 92 valence electrons. The molecule has 0 fully saturated rings. The van der Waals surface area contributed by atoms with Gasteiger partial charge in [-0.1, -0.05) is 0 Å². The molecule has 1 aromatic rings. The molecule has 0 unspecified atom stereocenters. The van der Waals surface area contributed by atoms with Crippen molar-refractivity contribution in [2.45, 2.75) is 37.9 Å². The zero-order valence-electron chi connectivity index (χ0n) is 9.38. The van der Waals surface area contributed by atoms with Gasteiger partial charge in [-0.05, 0) is 45.0 Å². The van der Waals surface area contributed by atoms with Crippen molar-refractivity contribution in [1.82, 2.24) is 0 Å². The lowest BCUT2D eigenvalue weighted by Gasteiger charge is -2.21. The van der Waals surface area contributed by atoms with Gasteiger partial charge >= 0.3 is 6.68 Å². The minimum Gasteiger partial charge on any atom is -0.488 e. The number of benzene rings is 1. The molecule has 5 heteroatoms. The maximum atomic E-state index is 9.67. The summed E-state index contributed by atoms with van der Waals surface area (Å²) in [6, 6.07) is 7.69. The highest BCUT2D eigenvalue weighted by atomic mass is 32.1. The van der Waals surface area contributed by atoms with Crippen molar-refractivity contribution in [2.24, 2.45) is 0 Å². The zero-order chi connectivity index (χ0) is 12.8. The number of alkyl halides is 3. The van der Waals surface area contributed by atoms with Crippen LogP contribution in [0.2, 0.25) is 0 Å². The fourth-order valence-electron chi connectivity index (χ4n) is 0.868. The molecule has 0 amide bonds. The molecule has 0 aliphatic heterocycles. The largest absolute Gasteiger partial charge is 0.488 e. The second-order valence-electron chi connectivity index (χ2n) is 3.96. The van der Waals surface area contributed by atoms with Gasteiger partial charge < -0.3 is 4.74 Å². The first-order chi connectivity index (χ1) is 7.20. The van der Waals surface area contributed by atoms with Gasteiger partial charge in [-0.25, -0.2) is 0 Å². The molecule has 0 bridgehead atoms. The fourth-order valence-corrected chi connectivity index (χ4v) is 1.02. The van der Waals surface area contributed by atoms with E-state index in [-0.39, 0.29) is 5.60 Å². The Balaban J connectivity index is 0.000000487. The molecule has 1 rings (SSSR count). The maximum Gasteiger partial charge on any atom is 0.379 e. The van der Waals surface area contributed by atoms with E-state index in [1.54, 1.807) is 0 Å². The summed E-state index contributed by atoms with van der Waals surface area (Å²) in [4.78, 5) is 0.955. The van der Waals surface area contributed by atoms with Gasteiger partial charge in [0.05, 0.1) is 0 Å². The lowest BCUT2D eigenvalue weighted by atomic mass is 10.2. The van der Waals surface area contributed by atoms with Crippen molar-refractivity contribution < 1.29 is 17.9 Å². The lowest BCUT2D eigenvalue weighted by Crippen LogP contribution is -2.22. The van der Waals surface area contributed by atoms with Crippen molar-refractivity contribution in [3.05, 3.63) is 24.3 Å². The fraction of sp³-hybridized carbons (Fsp3) is 0.455. The van der Waals surface area contributed by atoms with Gasteiger partial charge in [0, 0.05) is 4.90 Å². The quantitative estimate of drug-likeness (QED) is 0.732. The number of halogens is 3. The van der Waals surface area contributed by atoms with Crippen LogP contribution in [0.3, 0.4) is 0 Å². The molecule has 0 aliphatic rings. The summed E-state index contributed by atoms with van der Waals surface area (Å²) in [5.41, 5.74) is -0.127.